The van der Waals surface area contributed by atoms with Gasteiger partial charge >= 0.3 is 8.25 Å². The summed E-state index contributed by atoms with van der Waals surface area (Å²) in [7, 11) is -1.99. The molecule has 0 amide bonds. The summed E-state index contributed by atoms with van der Waals surface area (Å²) in [6.07, 6.45) is 0. The minimum atomic E-state index is -1.99. The van der Waals surface area contributed by atoms with Gasteiger partial charge in [0.2, 0.25) is 0 Å². The van der Waals surface area contributed by atoms with Gasteiger partial charge in [-0.3, -0.25) is 0 Å². The van der Waals surface area contributed by atoms with Crippen LogP contribution < -0.4 is 0 Å². The third-order valence-corrected chi connectivity index (χ3v) is 2.63. The quantitative estimate of drug-likeness (QED) is 0.488. The van der Waals surface area contributed by atoms with Crippen molar-refractivity contribution in [2.45, 2.75) is 25.9 Å². The van der Waals surface area contributed by atoms with Crippen molar-refractivity contribution < 1.29 is 13.8 Å². The summed E-state index contributed by atoms with van der Waals surface area (Å²) in [5.74, 6) is 0. The molecular formula is C6H12N2O3P+. The molecule has 0 aromatic carbocycles. The maximum atomic E-state index is 11.1. The van der Waals surface area contributed by atoms with Gasteiger partial charge in [0.05, 0.1) is 12.1 Å². The second-order valence-electron chi connectivity index (χ2n) is 3.28. The third-order valence-electron chi connectivity index (χ3n) is 1.95. The Hall–Kier alpha value is -0.0600. The van der Waals surface area contributed by atoms with Crippen LogP contribution in [0.3, 0.4) is 0 Å². The van der Waals surface area contributed by atoms with Crippen LogP contribution in [0.2, 0.25) is 0 Å². The maximum Gasteiger partial charge on any atom is 0.735 e. The Bertz CT molecular complexity index is 193. The zero-order valence-electron chi connectivity index (χ0n) is 7.14. The molecule has 0 saturated carbocycles. The summed E-state index contributed by atoms with van der Waals surface area (Å²) in [6.45, 7) is 5.70. The average Bonchev–Trinajstić information content (AvgIpc) is 2.80. The van der Waals surface area contributed by atoms with Gasteiger partial charge in [-0.25, -0.2) is 0 Å². The minimum absolute atomic E-state index is 0.388. The molecule has 2 rings (SSSR count). The molecule has 2 unspecified atom stereocenters. The van der Waals surface area contributed by atoms with E-state index < -0.39 is 8.25 Å². The summed E-state index contributed by atoms with van der Waals surface area (Å²) in [5.41, 5.74) is 0. The summed E-state index contributed by atoms with van der Waals surface area (Å²) in [6, 6.07) is 0.776. The Kier molecular flexibility index (Phi) is 2.14. The van der Waals surface area contributed by atoms with Crippen molar-refractivity contribution in [2.75, 3.05) is 13.1 Å². The van der Waals surface area contributed by atoms with Crippen molar-refractivity contribution >= 4 is 8.25 Å². The Morgan fingerprint density at radius 3 is 1.75 bits per heavy atom. The van der Waals surface area contributed by atoms with Gasteiger partial charge in [0.1, 0.15) is 0 Å². The highest BCUT2D eigenvalue weighted by atomic mass is 31.1. The molecule has 5 nitrogen and oxygen atoms in total. The number of rotatable bonds is 4. The van der Waals surface area contributed by atoms with Crippen LogP contribution in [0.25, 0.3) is 0 Å². The first kappa shape index (κ1) is 8.53. The molecule has 0 aromatic heterocycles. The lowest BCUT2D eigenvalue weighted by Crippen LogP contribution is -2.00. The fourth-order valence-electron chi connectivity index (χ4n) is 0.840. The molecule has 0 N–H and O–H groups in total. The van der Waals surface area contributed by atoms with E-state index in [1.807, 2.05) is 13.8 Å². The molecule has 2 aliphatic rings. The molecule has 0 spiro atoms. The molecule has 2 fully saturated rings. The van der Waals surface area contributed by atoms with Crippen molar-refractivity contribution in [3.05, 3.63) is 0 Å². The number of hydroxylamine groups is 4. The molecule has 0 bridgehead atoms. The van der Waals surface area contributed by atoms with E-state index in [4.69, 9.17) is 9.25 Å². The zero-order valence-corrected chi connectivity index (χ0v) is 8.03. The Labute approximate surface area is 72.1 Å². The SMILES string of the molecule is C[C@@H]1CN1O[P+](=O)ON1C[C@H]1C. The van der Waals surface area contributed by atoms with Crippen LogP contribution in [0.1, 0.15) is 13.8 Å². The summed E-state index contributed by atoms with van der Waals surface area (Å²) in [5, 5.41) is 3.29. The number of hydrogen-bond donors (Lipinski definition) is 0. The van der Waals surface area contributed by atoms with Crippen LogP contribution >= 0.6 is 8.25 Å². The van der Waals surface area contributed by atoms with Crippen LogP contribution in [0.15, 0.2) is 0 Å². The average molecular weight is 191 g/mol. The standard InChI is InChI=1S/C6H12N2O3P/c1-5-3-7(5)10-12(9)11-8-4-6(8)2/h5-6H,3-4H2,1-2H3/q+1/t5-,6-,7?,8?/m1/s1. The van der Waals surface area contributed by atoms with Gasteiger partial charge in [-0.05, 0) is 23.1 Å². The molecule has 2 aliphatic heterocycles. The van der Waals surface area contributed by atoms with Crippen molar-refractivity contribution in [3.8, 4) is 0 Å². The summed E-state index contributed by atoms with van der Waals surface area (Å²) >= 11 is 0. The topological polar surface area (TPSA) is 41.6 Å². The lowest BCUT2D eigenvalue weighted by atomic mass is 10.6. The van der Waals surface area contributed by atoms with Gasteiger partial charge in [0.25, 0.3) is 0 Å². The number of hydrogen-bond acceptors (Lipinski definition) is 5. The van der Waals surface area contributed by atoms with Crippen molar-refractivity contribution in [1.29, 1.82) is 0 Å². The fourth-order valence-corrected chi connectivity index (χ4v) is 1.67. The smallest absolute Gasteiger partial charge is 0.130 e. The first-order valence-electron chi connectivity index (χ1n) is 4.03. The van der Waals surface area contributed by atoms with Crippen molar-refractivity contribution in [1.82, 2.24) is 10.1 Å². The van der Waals surface area contributed by atoms with Gasteiger partial charge in [-0.1, -0.05) is 0 Å². The number of nitrogens with zero attached hydrogens (tertiary/aromatic N) is 2. The fraction of sp³-hybridized carbons (Fsp3) is 1.00. The Morgan fingerprint density at radius 1 is 1.17 bits per heavy atom. The highest BCUT2D eigenvalue weighted by molar-refractivity contribution is 7.33. The highest BCUT2D eigenvalue weighted by Gasteiger charge is 2.45. The van der Waals surface area contributed by atoms with E-state index >= 15 is 0 Å². The van der Waals surface area contributed by atoms with Gasteiger partial charge in [-0.2, -0.15) is 0 Å². The Morgan fingerprint density at radius 2 is 1.50 bits per heavy atom. The lowest BCUT2D eigenvalue weighted by molar-refractivity contribution is -0.0130. The van der Waals surface area contributed by atoms with Crippen LogP contribution in [0, 0.1) is 0 Å². The molecule has 68 valence electrons. The lowest BCUT2D eigenvalue weighted by Gasteiger charge is -1.89. The van der Waals surface area contributed by atoms with Crippen LogP contribution in [0.5, 0.6) is 0 Å². The van der Waals surface area contributed by atoms with Crippen LogP contribution in [-0.2, 0) is 13.8 Å². The molecule has 0 aliphatic carbocycles. The Balaban J connectivity index is 1.64. The third kappa shape index (κ3) is 2.00. The van der Waals surface area contributed by atoms with Gasteiger partial charge < -0.3 is 0 Å². The maximum absolute atomic E-state index is 11.1. The highest BCUT2D eigenvalue weighted by Crippen LogP contribution is 2.36. The second-order valence-corrected chi connectivity index (χ2v) is 4.06. The van der Waals surface area contributed by atoms with Gasteiger partial charge in [0.15, 0.2) is 0 Å². The minimum Gasteiger partial charge on any atom is -0.130 e. The van der Waals surface area contributed by atoms with Crippen LogP contribution in [-0.4, -0.2) is 35.3 Å². The van der Waals surface area contributed by atoms with Crippen molar-refractivity contribution in [2.24, 2.45) is 0 Å². The van der Waals surface area contributed by atoms with Crippen molar-refractivity contribution in [3.63, 3.8) is 0 Å². The van der Waals surface area contributed by atoms with Gasteiger partial charge in [0, 0.05) is 17.7 Å². The first-order chi connectivity index (χ1) is 5.66. The van der Waals surface area contributed by atoms with E-state index in [-0.39, 0.29) is 0 Å². The summed E-state index contributed by atoms with van der Waals surface area (Å²) < 4.78 is 21.0. The van der Waals surface area contributed by atoms with E-state index in [2.05, 4.69) is 0 Å². The molecular weight excluding hydrogens is 179 g/mol. The molecule has 12 heavy (non-hydrogen) atoms. The largest absolute Gasteiger partial charge is 0.735 e. The predicted octanol–water partition coefficient (Wildman–Crippen LogP) is 0.915. The molecule has 0 radical (unpaired) electrons. The molecule has 2 saturated heterocycles. The summed E-state index contributed by atoms with van der Waals surface area (Å²) in [4.78, 5) is 0. The molecule has 4 atom stereocenters. The molecule has 2 heterocycles. The van der Waals surface area contributed by atoms with E-state index in [0.29, 0.717) is 12.1 Å². The van der Waals surface area contributed by atoms with E-state index in [1.165, 1.54) is 0 Å². The zero-order chi connectivity index (χ0) is 8.72. The second kappa shape index (κ2) is 3.01. The first-order valence-corrected chi connectivity index (χ1v) is 5.13. The predicted molar refractivity (Wildman–Crippen MR) is 42.1 cm³/mol. The van der Waals surface area contributed by atoms with E-state index in [1.54, 1.807) is 10.1 Å². The van der Waals surface area contributed by atoms with Gasteiger partial charge in [-0.15, -0.1) is 10.1 Å². The molecule has 6 heteroatoms. The van der Waals surface area contributed by atoms with E-state index in [0.717, 1.165) is 13.1 Å². The van der Waals surface area contributed by atoms with Crippen LogP contribution in [0.4, 0.5) is 0 Å². The van der Waals surface area contributed by atoms with E-state index in [9.17, 15) is 4.57 Å². The normalized spacial score (nSPS) is 45.7. The monoisotopic (exact) mass is 191 g/mol. The molecule has 0 aromatic rings.